The predicted octanol–water partition coefficient (Wildman–Crippen LogP) is 1.27. The van der Waals surface area contributed by atoms with E-state index in [-0.39, 0.29) is 24.2 Å². The Morgan fingerprint density at radius 2 is 2.10 bits per heavy atom. The van der Waals surface area contributed by atoms with E-state index in [0.717, 1.165) is 12.1 Å². The monoisotopic (exact) mass is 290 g/mol. The molecule has 0 spiro atoms. The Morgan fingerprint density at radius 1 is 1.38 bits per heavy atom. The Kier molecular flexibility index (Phi) is 4.96. The number of carbonyl (C=O) groups excluding carboxylic acids is 2. The van der Waals surface area contributed by atoms with Crippen molar-refractivity contribution in [2.45, 2.75) is 19.5 Å². The van der Waals surface area contributed by atoms with E-state index in [1.807, 2.05) is 26.2 Å². The van der Waals surface area contributed by atoms with Crippen LogP contribution in [0.15, 0.2) is 24.3 Å². The highest BCUT2D eigenvalue weighted by Crippen LogP contribution is 2.21. The Hall–Kier alpha value is -1.88. The topological polar surface area (TPSA) is 49.9 Å². The van der Waals surface area contributed by atoms with E-state index in [1.54, 1.807) is 4.90 Å². The largest absolute Gasteiger partial charge is 0.469 e. The number of rotatable bonds is 5. The number of nitrogens with zero attached hydrogens (tertiary/aromatic N) is 2. The number of amides is 1. The third-order valence-corrected chi connectivity index (χ3v) is 3.61. The molecule has 1 aliphatic rings. The first kappa shape index (κ1) is 15.5. The maximum atomic E-state index is 12.0. The first-order valence-corrected chi connectivity index (χ1v) is 7.07. The van der Waals surface area contributed by atoms with E-state index in [9.17, 15) is 9.59 Å². The molecule has 0 radical (unpaired) electrons. The molecule has 1 heterocycles. The lowest BCUT2D eigenvalue weighted by atomic mass is 10.1. The Bertz CT molecular complexity index is 528. The molecule has 0 aromatic heterocycles. The number of benzene rings is 1. The summed E-state index contributed by atoms with van der Waals surface area (Å²) in [4.78, 5) is 27.3. The number of carbonyl (C=O) groups is 2. The summed E-state index contributed by atoms with van der Waals surface area (Å²) in [6.45, 7) is 1.86. The fourth-order valence-corrected chi connectivity index (χ4v) is 2.66. The second kappa shape index (κ2) is 6.72. The van der Waals surface area contributed by atoms with Gasteiger partial charge in [0.25, 0.3) is 0 Å². The number of methoxy groups -OCH3 is 1. The van der Waals surface area contributed by atoms with Gasteiger partial charge in [0.2, 0.25) is 5.91 Å². The molecule has 5 nitrogen and oxygen atoms in total. The van der Waals surface area contributed by atoms with Crippen LogP contribution in [0.25, 0.3) is 0 Å². The van der Waals surface area contributed by atoms with E-state index in [2.05, 4.69) is 17.0 Å². The second-order valence-corrected chi connectivity index (χ2v) is 5.76. The molecule has 1 aromatic rings. The van der Waals surface area contributed by atoms with Crippen LogP contribution >= 0.6 is 0 Å². The van der Waals surface area contributed by atoms with Gasteiger partial charge in [0.15, 0.2) is 0 Å². The molecular formula is C16H22N2O3. The molecule has 2 rings (SSSR count). The van der Waals surface area contributed by atoms with Gasteiger partial charge in [-0.1, -0.05) is 24.3 Å². The normalized spacial score (nSPS) is 18.4. The van der Waals surface area contributed by atoms with Crippen molar-refractivity contribution in [1.82, 2.24) is 9.80 Å². The third-order valence-electron chi connectivity index (χ3n) is 3.61. The van der Waals surface area contributed by atoms with Crippen LogP contribution in [0.1, 0.15) is 17.5 Å². The summed E-state index contributed by atoms with van der Waals surface area (Å²) in [5.41, 5.74) is 2.31. The fourth-order valence-electron chi connectivity index (χ4n) is 2.66. The van der Waals surface area contributed by atoms with Crippen LogP contribution in [0.3, 0.4) is 0 Å². The minimum Gasteiger partial charge on any atom is -0.469 e. The molecule has 1 amide bonds. The van der Waals surface area contributed by atoms with Gasteiger partial charge in [0.05, 0.1) is 13.0 Å². The van der Waals surface area contributed by atoms with Crippen LogP contribution in [-0.2, 0) is 27.4 Å². The number of hydrogen-bond acceptors (Lipinski definition) is 4. The van der Waals surface area contributed by atoms with Crippen molar-refractivity contribution in [3.63, 3.8) is 0 Å². The molecular weight excluding hydrogens is 268 g/mol. The van der Waals surface area contributed by atoms with E-state index in [4.69, 9.17) is 4.74 Å². The van der Waals surface area contributed by atoms with Gasteiger partial charge >= 0.3 is 5.97 Å². The van der Waals surface area contributed by atoms with Crippen molar-refractivity contribution in [1.29, 1.82) is 0 Å². The van der Waals surface area contributed by atoms with Crippen molar-refractivity contribution < 1.29 is 14.3 Å². The van der Waals surface area contributed by atoms with Gasteiger partial charge in [-0.05, 0) is 25.2 Å². The van der Waals surface area contributed by atoms with Gasteiger partial charge in [0.1, 0.15) is 0 Å². The first-order chi connectivity index (χ1) is 9.99. The summed E-state index contributed by atoms with van der Waals surface area (Å²) in [5.74, 6) is -0.608. The van der Waals surface area contributed by atoms with E-state index >= 15 is 0 Å². The lowest BCUT2D eigenvalue weighted by Crippen LogP contribution is -2.26. The van der Waals surface area contributed by atoms with Crippen LogP contribution < -0.4 is 0 Å². The minimum absolute atomic E-state index is 0.0170. The van der Waals surface area contributed by atoms with Crippen LogP contribution in [0.4, 0.5) is 0 Å². The third kappa shape index (κ3) is 4.04. The quantitative estimate of drug-likeness (QED) is 0.766. The average molecular weight is 290 g/mol. The molecule has 1 aromatic carbocycles. The molecule has 114 valence electrons. The van der Waals surface area contributed by atoms with Crippen molar-refractivity contribution in [2.24, 2.45) is 5.92 Å². The number of esters is 1. The van der Waals surface area contributed by atoms with Crippen molar-refractivity contribution in [3.05, 3.63) is 35.4 Å². The summed E-state index contributed by atoms with van der Waals surface area (Å²) < 4.78 is 4.72. The minimum atomic E-state index is -0.326. The van der Waals surface area contributed by atoms with Crippen molar-refractivity contribution in [2.75, 3.05) is 27.7 Å². The Labute approximate surface area is 125 Å². The lowest BCUT2D eigenvalue weighted by molar-refractivity contribution is -0.145. The molecule has 5 heteroatoms. The Balaban J connectivity index is 2.01. The zero-order chi connectivity index (χ0) is 15.4. The van der Waals surface area contributed by atoms with Crippen molar-refractivity contribution >= 4 is 11.9 Å². The van der Waals surface area contributed by atoms with E-state index < -0.39 is 0 Å². The average Bonchev–Trinajstić information content (AvgIpc) is 2.79. The van der Waals surface area contributed by atoms with Gasteiger partial charge in [-0.3, -0.25) is 9.59 Å². The van der Waals surface area contributed by atoms with Gasteiger partial charge in [0, 0.05) is 26.1 Å². The number of hydrogen-bond donors (Lipinski definition) is 0. The molecule has 0 saturated carbocycles. The van der Waals surface area contributed by atoms with E-state index in [1.165, 1.54) is 12.7 Å². The molecule has 1 aliphatic heterocycles. The molecule has 0 N–H and O–H groups in total. The SMILES string of the molecule is COC(=O)C1CC(=O)N(Cc2cccc(CN(C)C)c2)C1. The highest BCUT2D eigenvalue weighted by atomic mass is 16.5. The fraction of sp³-hybridized carbons (Fsp3) is 0.500. The van der Waals surface area contributed by atoms with Crippen LogP contribution in [0, 0.1) is 5.92 Å². The summed E-state index contributed by atoms with van der Waals surface area (Å²) in [6, 6.07) is 8.20. The second-order valence-electron chi connectivity index (χ2n) is 5.76. The zero-order valence-corrected chi connectivity index (χ0v) is 12.8. The van der Waals surface area contributed by atoms with Crippen LogP contribution in [0.5, 0.6) is 0 Å². The van der Waals surface area contributed by atoms with Crippen LogP contribution in [-0.4, -0.2) is 49.4 Å². The lowest BCUT2D eigenvalue weighted by Gasteiger charge is -2.17. The maximum absolute atomic E-state index is 12.0. The molecule has 1 fully saturated rings. The number of ether oxygens (including phenoxy) is 1. The molecule has 21 heavy (non-hydrogen) atoms. The highest BCUT2D eigenvalue weighted by molar-refractivity contribution is 5.86. The summed E-state index contributed by atoms with van der Waals surface area (Å²) in [5, 5.41) is 0. The van der Waals surface area contributed by atoms with Gasteiger partial charge in [-0.15, -0.1) is 0 Å². The van der Waals surface area contributed by atoms with Gasteiger partial charge in [-0.2, -0.15) is 0 Å². The highest BCUT2D eigenvalue weighted by Gasteiger charge is 2.34. The summed E-state index contributed by atoms with van der Waals surface area (Å²) >= 11 is 0. The van der Waals surface area contributed by atoms with Gasteiger partial charge in [-0.25, -0.2) is 0 Å². The van der Waals surface area contributed by atoms with E-state index in [0.29, 0.717) is 13.1 Å². The maximum Gasteiger partial charge on any atom is 0.310 e. The first-order valence-electron chi connectivity index (χ1n) is 7.07. The molecule has 1 unspecified atom stereocenters. The predicted molar refractivity (Wildman–Crippen MR) is 79.4 cm³/mol. The summed E-state index contributed by atoms with van der Waals surface area (Å²) in [7, 11) is 5.41. The molecule has 1 saturated heterocycles. The standard InChI is InChI=1S/C16H22N2O3/c1-17(2)9-12-5-4-6-13(7-12)10-18-11-14(8-15(18)19)16(20)21-3/h4-7,14H,8-11H2,1-3H3. The summed E-state index contributed by atoms with van der Waals surface area (Å²) in [6.07, 6.45) is 0.254. The Morgan fingerprint density at radius 3 is 2.76 bits per heavy atom. The van der Waals surface area contributed by atoms with Crippen molar-refractivity contribution in [3.8, 4) is 0 Å². The smallest absolute Gasteiger partial charge is 0.310 e. The molecule has 0 aliphatic carbocycles. The number of likely N-dealkylation sites (tertiary alicyclic amines) is 1. The van der Waals surface area contributed by atoms with Gasteiger partial charge < -0.3 is 14.5 Å². The zero-order valence-electron chi connectivity index (χ0n) is 12.8. The molecule has 0 bridgehead atoms. The molecule has 1 atom stereocenters. The van der Waals surface area contributed by atoms with Crippen LogP contribution in [0.2, 0.25) is 0 Å².